The molecule has 0 saturated heterocycles. The van der Waals surface area contributed by atoms with Crippen molar-refractivity contribution in [2.24, 2.45) is 0 Å². The van der Waals surface area contributed by atoms with Crippen LogP contribution >= 0.6 is 0 Å². The second kappa shape index (κ2) is 6.00. The molecule has 2 N–H and O–H groups in total. The number of hydrogen-bond acceptors (Lipinski definition) is 5. The maximum Gasteiger partial charge on any atom is 0.169 e. The first-order valence-electron chi connectivity index (χ1n) is 6.47. The fourth-order valence-corrected chi connectivity index (χ4v) is 1.61. The summed E-state index contributed by atoms with van der Waals surface area (Å²) in [7, 11) is 0. The van der Waals surface area contributed by atoms with Crippen LogP contribution in [0.25, 0.3) is 0 Å². The monoisotopic (exact) mass is 278 g/mol. The molecule has 2 heterocycles. The summed E-state index contributed by atoms with van der Waals surface area (Å²) in [6.07, 6.45) is 3.13. The Bertz CT molecular complexity index is 549. The molecule has 0 aliphatic heterocycles. The number of halogens is 1. The average Bonchev–Trinajstić information content (AvgIpc) is 2.88. The summed E-state index contributed by atoms with van der Waals surface area (Å²) in [5, 5.41) is 9.75. The third kappa shape index (κ3) is 4.03. The second-order valence-electron chi connectivity index (χ2n) is 5.57. The Labute approximate surface area is 117 Å². The second-order valence-corrected chi connectivity index (χ2v) is 5.57. The van der Waals surface area contributed by atoms with E-state index in [1.807, 2.05) is 20.8 Å². The van der Waals surface area contributed by atoms with Gasteiger partial charge in [0, 0.05) is 29.9 Å². The summed E-state index contributed by atoms with van der Waals surface area (Å²) in [4.78, 5) is 4.01. The molecule has 0 spiro atoms. The molecule has 0 atom stereocenters. The van der Waals surface area contributed by atoms with Crippen molar-refractivity contribution in [1.82, 2.24) is 15.5 Å². The lowest BCUT2D eigenvalue weighted by molar-refractivity contribution is 0.387. The highest BCUT2D eigenvalue weighted by molar-refractivity contribution is 5.40. The Hall–Kier alpha value is -1.95. The molecule has 0 aliphatic carbocycles. The number of pyridine rings is 1. The van der Waals surface area contributed by atoms with Gasteiger partial charge >= 0.3 is 0 Å². The lowest BCUT2D eigenvalue weighted by atomic mass is 10.1. The molecule has 0 bridgehead atoms. The van der Waals surface area contributed by atoms with Gasteiger partial charge in [-0.2, -0.15) is 0 Å². The lowest BCUT2D eigenvalue weighted by Crippen LogP contribution is -2.35. The van der Waals surface area contributed by atoms with Crippen LogP contribution < -0.4 is 10.6 Å². The minimum atomic E-state index is -0.344. The summed E-state index contributed by atoms with van der Waals surface area (Å²) in [5.41, 5.74) is 0.512. The van der Waals surface area contributed by atoms with Crippen LogP contribution in [-0.4, -0.2) is 15.7 Å². The first kappa shape index (κ1) is 14.5. The van der Waals surface area contributed by atoms with Crippen LogP contribution in [0.1, 0.15) is 32.1 Å². The minimum absolute atomic E-state index is 0.0663. The summed E-state index contributed by atoms with van der Waals surface area (Å²) < 4.78 is 19.2. The van der Waals surface area contributed by atoms with Crippen LogP contribution in [-0.2, 0) is 13.1 Å². The first-order valence-corrected chi connectivity index (χ1v) is 6.47. The SMILES string of the molecule is CC(C)(C)NCc1ccnc(NCc2ccno2)c1F. The van der Waals surface area contributed by atoms with Crippen LogP contribution in [0.4, 0.5) is 10.2 Å². The molecule has 0 saturated carbocycles. The summed E-state index contributed by atoms with van der Waals surface area (Å²) in [6, 6.07) is 3.39. The topological polar surface area (TPSA) is 63.0 Å². The standard InChI is InChI=1S/C14H19FN4O/c1-14(2,3)18-8-10-4-6-16-13(12(10)15)17-9-11-5-7-19-20-11/h4-7,18H,8-9H2,1-3H3,(H,16,17). The summed E-state index contributed by atoms with van der Waals surface area (Å²) in [5.74, 6) is 0.503. The predicted octanol–water partition coefficient (Wildman–Crippen LogP) is 2.71. The van der Waals surface area contributed by atoms with Crippen LogP contribution in [0.3, 0.4) is 0 Å². The highest BCUT2D eigenvalue weighted by atomic mass is 19.1. The fraction of sp³-hybridized carbons (Fsp3) is 0.429. The van der Waals surface area contributed by atoms with Crippen molar-refractivity contribution in [2.45, 2.75) is 39.4 Å². The van der Waals surface area contributed by atoms with Crippen molar-refractivity contribution in [3.63, 3.8) is 0 Å². The van der Waals surface area contributed by atoms with E-state index in [0.29, 0.717) is 24.4 Å². The van der Waals surface area contributed by atoms with Gasteiger partial charge in [0.1, 0.15) is 0 Å². The van der Waals surface area contributed by atoms with Gasteiger partial charge in [-0.1, -0.05) is 5.16 Å². The Balaban J connectivity index is 2.03. The van der Waals surface area contributed by atoms with Gasteiger partial charge in [0.05, 0.1) is 12.7 Å². The highest BCUT2D eigenvalue weighted by Gasteiger charge is 2.13. The minimum Gasteiger partial charge on any atom is -0.360 e. The van der Waals surface area contributed by atoms with Gasteiger partial charge < -0.3 is 15.2 Å². The summed E-state index contributed by atoms with van der Waals surface area (Å²) in [6.45, 7) is 6.91. The van der Waals surface area contributed by atoms with Crippen molar-refractivity contribution < 1.29 is 8.91 Å². The Morgan fingerprint density at radius 2 is 2.00 bits per heavy atom. The van der Waals surface area contributed by atoms with E-state index in [1.165, 1.54) is 0 Å². The molecule has 2 aromatic rings. The number of anilines is 1. The molecular formula is C14H19FN4O. The Morgan fingerprint density at radius 3 is 2.65 bits per heavy atom. The quantitative estimate of drug-likeness (QED) is 0.880. The van der Waals surface area contributed by atoms with E-state index in [1.54, 1.807) is 24.5 Å². The number of rotatable bonds is 5. The van der Waals surface area contributed by atoms with E-state index >= 15 is 0 Å². The number of nitrogens with one attached hydrogen (secondary N) is 2. The first-order chi connectivity index (χ1) is 9.46. The Kier molecular flexibility index (Phi) is 4.34. The number of nitrogens with zero attached hydrogens (tertiary/aromatic N) is 2. The van der Waals surface area contributed by atoms with Crippen LogP contribution in [0.5, 0.6) is 0 Å². The van der Waals surface area contributed by atoms with Gasteiger partial charge in [-0.15, -0.1) is 0 Å². The van der Waals surface area contributed by atoms with E-state index in [9.17, 15) is 4.39 Å². The van der Waals surface area contributed by atoms with E-state index in [-0.39, 0.29) is 17.2 Å². The zero-order chi connectivity index (χ0) is 14.6. The molecule has 0 fully saturated rings. The molecule has 0 amide bonds. The molecule has 2 rings (SSSR count). The average molecular weight is 278 g/mol. The molecule has 20 heavy (non-hydrogen) atoms. The van der Waals surface area contributed by atoms with Crippen molar-refractivity contribution in [3.8, 4) is 0 Å². The number of aromatic nitrogens is 2. The normalized spacial score (nSPS) is 11.6. The summed E-state index contributed by atoms with van der Waals surface area (Å²) >= 11 is 0. The molecule has 108 valence electrons. The van der Waals surface area contributed by atoms with Crippen molar-refractivity contribution >= 4 is 5.82 Å². The third-order valence-electron chi connectivity index (χ3n) is 2.70. The molecule has 5 nitrogen and oxygen atoms in total. The van der Waals surface area contributed by atoms with Crippen LogP contribution in [0.2, 0.25) is 0 Å². The van der Waals surface area contributed by atoms with Crippen molar-refractivity contribution in [1.29, 1.82) is 0 Å². The molecule has 6 heteroatoms. The molecule has 2 aromatic heterocycles. The molecular weight excluding hydrogens is 259 g/mol. The number of hydrogen-bond donors (Lipinski definition) is 2. The zero-order valence-electron chi connectivity index (χ0n) is 11.9. The lowest BCUT2D eigenvalue weighted by Gasteiger charge is -2.21. The highest BCUT2D eigenvalue weighted by Crippen LogP contribution is 2.16. The van der Waals surface area contributed by atoms with Gasteiger partial charge in [-0.3, -0.25) is 0 Å². The maximum absolute atomic E-state index is 14.3. The molecule has 0 aliphatic rings. The van der Waals surface area contributed by atoms with Crippen molar-refractivity contribution in [3.05, 3.63) is 41.7 Å². The van der Waals surface area contributed by atoms with Gasteiger partial charge in [0.15, 0.2) is 17.4 Å². The molecule has 0 aromatic carbocycles. The van der Waals surface area contributed by atoms with Gasteiger partial charge in [-0.05, 0) is 26.8 Å². The predicted molar refractivity (Wildman–Crippen MR) is 74.6 cm³/mol. The third-order valence-corrected chi connectivity index (χ3v) is 2.70. The van der Waals surface area contributed by atoms with Gasteiger partial charge in [-0.25, -0.2) is 9.37 Å². The maximum atomic E-state index is 14.3. The van der Waals surface area contributed by atoms with E-state index in [4.69, 9.17) is 4.52 Å². The van der Waals surface area contributed by atoms with E-state index < -0.39 is 0 Å². The smallest absolute Gasteiger partial charge is 0.169 e. The van der Waals surface area contributed by atoms with Gasteiger partial charge in [0.25, 0.3) is 0 Å². The zero-order valence-corrected chi connectivity index (χ0v) is 11.9. The van der Waals surface area contributed by atoms with E-state index in [2.05, 4.69) is 20.8 Å². The van der Waals surface area contributed by atoms with Crippen LogP contribution in [0.15, 0.2) is 29.0 Å². The molecule has 0 radical (unpaired) electrons. The van der Waals surface area contributed by atoms with Gasteiger partial charge in [0.2, 0.25) is 0 Å². The fourth-order valence-electron chi connectivity index (χ4n) is 1.61. The van der Waals surface area contributed by atoms with Crippen molar-refractivity contribution in [2.75, 3.05) is 5.32 Å². The molecule has 0 unspecified atom stereocenters. The Morgan fingerprint density at radius 1 is 1.20 bits per heavy atom. The van der Waals surface area contributed by atoms with E-state index in [0.717, 1.165) is 0 Å². The van der Waals surface area contributed by atoms with Crippen LogP contribution in [0, 0.1) is 5.82 Å². The largest absolute Gasteiger partial charge is 0.360 e.